The van der Waals surface area contributed by atoms with Crippen molar-refractivity contribution in [3.63, 3.8) is 0 Å². The largest absolute Gasteiger partial charge is 0.497 e. The number of ether oxygens (including phenoxy) is 1. The fourth-order valence-corrected chi connectivity index (χ4v) is 1.67. The van der Waals surface area contributed by atoms with E-state index in [0.29, 0.717) is 17.4 Å². The Balaban J connectivity index is 2.52. The maximum absolute atomic E-state index is 5.17. The second kappa shape index (κ2) is 6.24. The second-order valence-corrected chi connectivity index (χ2v) is 6.17. The summed E-state index contributed by atoms with van der Waals surface area (Å²) in [6.07, 6.45) is 0. The van der Waals surface area contributed by atoms with Crippen molar-refractivity contribution in [2.45, 2.75) is 40.7 Å². The summed E-state index contributed by atoms with van der Waals surface area (Å²) in [6, 6.07) is 8.65. The lowest BCUT2D eigenvalue weighted by molar-refractivity contribution is 0.247. The summed E-state index contributed by atoms with van der Waals surface area (Å²) < 4.78 is 5.17. The topological polar surface area (TPSA) is 21.3 Å². The third-order valence-corrected chi connectivity index (χ3v) is 3.82. The van der Waals surface area contributed by atoms with Gasteiger partial charge in [0, 0.05) is 6.04 Å². The zero-order valence-corrected chi connectivity index (χ0v) is 12.6. The van der Waals surface area contributed by atoms with Crippen LogP contribution in [0, 0.1) is 11.3 Å². The van der Waals surface area contributed by atoms with Crippen LogP contribution in [-0.4, -0.2) is 13.7 Å². The number of methoxy groups -OCH3 is 1. The van der Waals surface area contributed by atoms with Gasteiger partial charge in [0.25, 0.3) is 0 Å². The molecule has 1 aromatic carbocycles. The minimum Gasteiger partial charge on any atom is -0.497 e. The molecule has 0 amide bonds. The van der Waals surface area contributed by atoms with Gasteiger partial charge in [-0.1, -0.05) is 39.8 Å². The number of benzene rings is 1. The van der Waals surface area contributed by atoms with Crippen LogP contribution in [0.25, 0.3) is 0 Å². The maximum Gasteiger partial charge on any atom is 0.118 e. The highest BCUT2D eigenvalue weighted by Crippen LogP contribution is 2.25. The Bertz CT molecular complexity index is 350. The number of rotatable bonds is 5. The summed E-state index contributed by atoms with van der Waals surface area (Å²) in [6.45, 7) is 12.4. The Labute approximate surface area is 112 Å². The van der Waals surface area contributed by atoms with Crippen molar-refractivity contribution in [3.05, 3.63) is 29.8 Å². The van der Waals surface area contributed by atoms with Gasteiger partial charge >= 0.3 is 0 Å². The van der Waals surface area contributed by atoms with Gasteiger partial charge in [-0.25, -0.2) is 0 Å². The van der Waals surface area contributed by atoms with Crippen molar-refractivity contribution in [1.29, 1.82) is 0 Å². The van der Waals surface area contributed by atoms with E-state index in [2.05, 4.69) is 52.1 Å². The molecule has 1 unspecified atom stereocenters. The van der Waals surface area contributed by atoms with E-state index in [4.69, 9.17) is 4.74 Å². The smallest absolute Gasteiger partial charge is 0.118 e. The lowest BCUT2D eigenvalue weighted by atomic mass is 9.82. The van der Waals surface area contributed by atoms with Crippen LogP contribution < -0.4 is 10.1 Å². The van der Waals surface area contributed by atoms with Gasteiger partial charge in [-0.15, -0.1) is 0 Å². The average molecular weight is 249 g/mol. The predicted octanol–water partition coefficient (Wildman–Crippen LogP) is 4.03. The van der Waals surface area contributed by atoms with Crippen LogP contribution in [0.15, 0.2) is 24.3 Å². The minimum atomic E-state index is 0.354. The third-order valence-electron chi connectivity index (χ3n) is 3.82. The first-order valence-electron chi connectivity index (χ1n) is 6.72. The van der Waals surface area contributed by atoms with Crippen LogP contribution in [0.2, 0.25) is 0 Å². The van der Waals surface area contributed by atoms with E-state index < -0.39 is 0 Å². The summed E-state index contributed by atoms with van der Waals surface area (Å²) in [5, 5.41) is 3.60. The van der Waals surface area contributed by atoms with Gasteiger partial charge in [-0.3, -0.25) is 0 Å². The first-order chi connectivity index (χ1) is 8.34. The van der Waals surface area contributed by atoms with Crippen molar-refractivity contribution in [1.82, 2.24) is 5.32 Å². The molecule has 0 aliphatic rings. The number of nitrogens with one attached hydrogen (secondary N) is 1. The normalized spacial score (nSPS) is 15.2. The molecule has 2 heteroatoms. The zero-order valence-electron chi connectivity index (χ0n) is 12.6. The second-order valence-electron chi connectivity index (χ2n) is 6.17. The van der Waals surface area contributed by atoms with Gasteiger partial charge in [0.15, 0.2) is 0 Å². The van der Waals surface area contributed by atoms with Gasteiger partial charge in [0.2, 0.25) is 0 Å². The summed E-state index contributed by atoms with van der Waals surface area (Å²) in [7, 11) is 1.70. The predicted molar refractivity (Wildman–Crippen MR) is 78.0 cm³/mol. The molecule has 0 saturated carbocycles. The molecule has 0 bridgehead atoms. The van der Waals surface area contributed by atoms with Crippen molar-refractivity contribution < 1.29 is 4.74 Å². The molecular weight excluding hydrogens is 222 g/mol. The summed E-state index contributed by atoms with van der Waals surface area (Å²) in [5.74, 6) is 1.56. The lowest BCUT2D eigenvalue weighted by Gasteiger charge is -2.29. The quantitative estimate of drug-likeness (QED) is 0.850. The molecule has 1 rings (SSSR count). The highest BCUT2D eigenvalue weighted by molar-refractivity contribution is 5.28. The van der Waals surface area contributed by atoms with Crippen LogP contribution in [0.5, 0.6) is 5.75 Å². The molecule has 0 fully saturated rings. The maximum atomic E-state index is 5.17. The van der Waals surface area contributed by atoms with Crippen LogP contribution in [0.4, 0.5) is 0 Å². The Morgan fingerprint density at radius 2 is 1.67 bits per heavy atom. The molecule has 1 aromatic rings. The molecule has 2 atom stereocenters. The molecule has 0 saturated heterocycles. The Hall–Kier alpha value is -1.02. The van der Waals surface area contributed by atoms with Gasteiger partial charge < -0.3 is 10.1 Å². The van der Waals surface area contributed by atoms with E-state index >= 15 is 0 Å². The molecule has 0 radical (unpaired) electrons. The molecule has 18 heavy (non-hydrogen) atoms. The van der Waals surface area contributed by atoms with Crippen molar-refractivity contribution in [3.8, 4) is 5.75 Å². The fourth-order valence-electron chi connectivity index (χ4n) is 1.67. The van der Waals surface area contributed by atoms with Crippen molar-refractivity contribution in [2.75, 3.05) is 13.7 Å². The summed E-state index contributed by atoms with van der Waals surface area (Å²) in [5.41, 5.74) is 1.66. The molecule has 102 valence electrons. The van der Waals surface area contributed by atoms with E-state index in [1.807, 2.05) is 12.1 Å². The Kier molecular flexibility index (Phi) is 5.21. The van der Waals surface area contributed by atoms with Gasteiger partial charge in [-0.2, -0.15) is 0 Å². The Morgan fingerprint density at radius 3 is 2.11 bits per heavy atom. The van der Waals surface area contributed by atoms with Crippen molar-refractivity contribution >= 4 is 0 Å². The van der Waals surface area contributed by atoms with Gasteiger partial charge in [0.1, 0.15) is 5.75 Å². The molecule has 0 aliphatic carbocycles. The SMILES string of the molecule is COc1ccc([C@H](C)NCC(C)C(C)(C)C)cc1. The first-order valence-corrected chi connectivity index (χ1v) is 6.72. The van der Waals surface area contributed by atoms with E-state index in [0.717, 1.165) is 12.3 Å². The third kappa shape index (κ3) is 4.34. The van der Waals surface area contributed by atoms with Gasteiger partial charge in [-0.05, 0) is 42.5 Å². The summed E-state index contributed by atoms with van der Waals surface area (Å²) in [4.78, 5) is 0. The molecule has 1 N–H and O–H groups in total. The molecule has 0 aliphatic heterocycles. The highest BCUT2D eigenvalue weighted by Gasteiger charge is 2.20. The molecule has 0 aromatic heterocycles. The summed E-state index contributed by atoms with van der Waals surface area (Å²) >= 11 is 0. The Morgan fingerprint density at radius 1 is 1.11 bits per heavy atom. The number of hydrogen-bond donors (Lipinski definition) is 1. The lowest BCUT2D eigenvalue weighted by Crippen LogP contribution is -2.31. The van der Waals surface area contributed by atoms with E-state index in [1.165, 1.54) is 5.56 Å². The van der Waals surface area contributed by atoms with Gasteiger partial charge in [0.05, 0.1) is 7.11 Å². The molecule has 0 heterocycles. The monoisotopic (exact) mass is 249 g/mol. The fraction of sp³-hybridized carbons (Fsp3) is 0.625. The molecular formula is C16H27NO. The number of hydrogen-bond acceptors (Lipinski definition) is 2. The van der Waals surface area contributed by atoms with Crippen LogP contribution in [0.1, 0.15) is 46.2 Å². The van der Waals surface area contributed by atoms with E-state index in [9.17, 15) is 0 Å². The van der Waals surface area contributed by atoms with Crippen molar-refractivity contribution in [2.24, 2.45) is 11.3 Å². The zero-order chi connectivity index (χ0) is 13.8. The highest BCUT2D eigenvalue weighted by atomic mass is 16.5. The first kappa shape index (κ1) is 15.0. The van der Waals surface area contributed by atoms with E-state index in [-0.39, 0.29) is 0 Å². The average Bonchev–Trinajstić information content (AvgIpc) is 2.34. The minimum absolute atomic E-state index is 0.354. The van der Waals surface area contributed by atoms with Crippen LogP contribution in [0.3, 0.4) is 0 Å². The van der Waals surface area contributed by atoms with Crippen LogP contribution >= 0.6 is 0 Å². The molecule has 2 nitrogen and oxygen atoms in total. The standard InChI is InChI=1S/C16H27NO/c1-12(16(3,4)5)11-17-13(2)14-7-9-15(18-6)10-8-14/h7-10,12-13,17H,11H2,1-6H3/t12?,13-/m0/s1. The van der Waals surface area contributed by atoms with Crippen LogP contribution in [-0.2, 0) is 0 Å². The molecule has 0 spiro atoms. The van der Waals surface area contributed by atoms with E-state index in [1.54, 1.807) is 7.11 Å².